The van der Waals surface area contributed by atoms with Crippen molar-refractivity contribution >= 4 is 11.6 Å². The van der Waals surface area contributed by atoms with Crippen molar-refractivity contribution in [2.24, 2.45) is 17.6 Å². The maximum atomic E-state index is 12.2. The molecule has 4 nitrogen and oxygen atoms in total. The van der Waals surface area contributed by atoms with Crippen LogP contribution < -0.4 is 15.8 Å². The van der Waals surface area contributed by atoms with E-state index in [-0.39, 0.29) is 11.8 Å². The highest BCUT2D eigenvalue weighted by molar-refractivity contribution is 5.89. The molecule has 0 heterocycles. The molecule has 1 aliphatic rings. The molecule has 1 fully saturated rings. The molecule has 0 aliphatic heterocycles. The Morgan fingerprint density at radius 2 is 2.10 bits per heavy atom. The number of benzene rings is 1. The molecule has 0 spiro atoms. The van der Waals surface area contributed by atoms with Gasteiger partial charge in [0.15, 0.2) is 0 Å². The Labute approximate surface area is 120 Å². The smallest absolute Gasteiger partial charge is 0.243 e. The summed E-state index contributed by atoms with van der Waals surface area (Å²) >= 11 is 0. The summed E-state index contributed by atoms with van der Waals surface area (Å²) in [5.41, 5.74) is 5.89. The fourth-order valence-electron chi connectivity index (χ4n) is 3.24. The number of amides is 1. The van der Waals surface area contributed by atoms with E-state index in [1.165, 1.54) is 0 Å². The van der Waals surface area contributed by atoms with Gasteiger partial charge in [-0.3, -0.25) is 4.79 Å². The topological polar surface area (TPSA) is 64.3 Å². The number of nitrogens with two attached hydrogens (primary N) is 1. The predicted octanol–water partition coefficient (Wildman–Crippen LogP) is 2.79. The number of anilines is 1. The van der Waals surface area contributed by atoms with Crippen LogP contribution in [0.3, 0.4) is 0 Å². The van der Waals surface area contributed by atoms with Crippen LogP contribution in [0.2, 0.25) is 0 Å². The molecule has 20 heavy (non-hydrogen) atoms. The van der Waals surface area contributed by atoms with Crippen LogP contribution in [0.4, 0.5) is 5.69 Å². The van der Waals surface area contributed by atoms with Crippen molar-refractivity contribution in [3.05, 3.63) is 24.3 Å². The highest BCUT2D eigenvalue weighted by Gasteiger charge is 2.46. The molecule has 1 amide bonds. The second kappa shape index (κ2) is 5.73. The highest BCUT2D eigenvalue weighted by atomic mass is 16.5. The van der Waals surface area contributed by atoms with Crippen molar-refractivity contribution in [2.45, 2.75) is 38.6 Å². The number of carbonyl (C=O) groups is 1. The maximum Gasteiger partial charge on any atom is 0.243 e. The minimum absolute atomic E-state index is 0.193. The Morgan fingerprint density at radius 1 is 1.40 bits per heavy atom. The quantitative estimate of drug-likeness (QED) is 0.888. The van der Waals surface area contributed by atoms with E-state index in [2.05, 4.69) is 19.2 Å². The first-order valence-corrected chi connectivity index (χ1v) is 7.22. The van der Waals surface area contributed by atoms with Gasteiger partial charge in [-0.2, -0.15) is 0 Å². The summed E-state index contributed by atoms with van der Waals surface area (Å²) in [6.45, 7) is 4.29. The second-order valence-corrected chi connectivity index (χ2v) is 5.82. The number of rotatable bonds is 4. The van der Waals surface area contributed by atoms with Crippen molar-refractivity contribution in [1.29, 1.82) is 0 Å². The van der Waals surface area contributed by atoms with Gasteiger partial charge in [-0.1, -0.05) is 38.8 Å². The number of carbonyl (C=O) groups excluding carboxylic acids is 1. The van der Waals surface area contributed by atoms with Gasteiger partial charge >= 0.3 is 0 Å². The molecular formula is C16H24N2O2. The van der Waals surface area contributed by atoms with Gasteiger partial charge in [-0.05, 0) is 30.4 Å². The van der Waals surface area contributed by atoms with Gasteiger partial charge in [-0.25, -0.2) is 0 Å². The summed E-state index contributed by atoms with van der Waals surface area (Å²) in [7, 11) is 1.63. The van der Waals surface area contributed by atoms with E-state index in [1.807, 2.05) is 24.3 Å². The Kier molecular flexibility index (Phi) is 4.21. The molecule has 0 bridgehead atoms. The molecule has 0 radical (unpaired) electrons. The largest absolute Gasteiger partial charge is 0.495 e. The molecule has 1 aliphatic carbocycles. The van der Waals surface area contributed by atoms with Crippen LogP contribution in [0.1, 0.15) is 33.1 Å². The lowest BCUT2D eigenvalue weighted by Crippen LogP contribution is -2.58. The van der Waals surface area contributed by atoms with Crippen LogP contribution in [0.15, 0.2) is 24.3 Å². The van der Waals surface area contributed by atoms with Crippen molar-refractivity contribution in [2.75, 3.05) is 12.4 Å². The molecular weight excluding hydrogens is 252 g/mol. The van der Waals surface area contributed by atoms with Gasteiger partial charge in [0.2, 0.25) is 5.91 Å². The summed E-state index contributed by atoms with van der Waals surface area (Å²) in [6.07, 6.45) is 2.92. The minimum atomic E-state index is -0.688. The fraction of sp³-hybridized carbons (Fsp3) is 0.562. The normalized spacial score (nSPS) is 29.8. The van der Waals surface area contributed by atoms with E-state index in [9.17, 15) is 4.79 Å². The van der Waals surface area contributed by atoms with Crippen LogP contribution in [-0.2, 0) is 4.79 Å². The lowest BCUT2D eigenvalue weighted by Gasteiger charge is -2.44. The van der Waals surface area contributed by atoms with Crippen molar-refractivity contribution < 1.29 is 9.53 Å². The number of ether oxygens (including phenoxy) is 1. The molecule has 110 valence electrons. The average molecular weight is 276 g/mol. The summed E-state index contributed by atoms with van der Waals surface area (Å²) in [5.74, 6) is 1.12. The number of hydrogen-bond acceptors (Lipinski definition) is 3. The number of para-hydroxylation sites is 2. The zero-order chi connectivity index (χ0) is 14.8. The monoisotopic (exact) mass is 276 g/mol. The summed E-state index contributed by atoms with van der Waals surface area (Å²) in [4.78, 5) is 12.2. The molecule has 1 aromatic carbocycles. The Hall–Kier alpha value is -1.71. The first kappa shape index (κ1) is 14.7. The molecule has 2 rings (SSSR count). The Morgan fingerprint density at radius 3 is 2.75 bits per heavy atom. The first-order valence-electron chi connectivity index (χ1n) is 7.22. The summed E-state index contributed by atoms with van der Waals surface area (Å²) < 4.78 is 5.36. The number of nitrogens with one attached hydrogen (secondary N) is 1. The molecule has 3 atom stereocenters. The molecule has 4 heteroatoms. The molecule has 0 saturated heterocycles. The van der Waals surface area contributed by atoms with E-state index < -0.39 is 5.54 Å². The van der Waals surface area contributed by atoms with E-state index in [4.69, 9.17) is 10.5 Å². The van der Waals surface area contributed by atoms with Crippen LogP contribution in [0.5, 0.6) is 5.75 Å². The van der Waals surface area contributed by atoms with Crippen LogP contribution in [0, 0.1) is 11.8 Å². The van der Waals surface area contributed by atoms with Crippen LogP contribution in [-0.4, -0.2) is 18.6 Å². The fourth-order valence-corrected chi connectivity index (χ4v) is 3.24. The van der Waals surface area contributed by atoms with Gasteiger partial charge in [0.05, 0.1) is 12.8 Å². The maximum absolute atomic E-state index is 12.2. The van der Waals surface area contributed by atoms with Gasteiger partial charge in [-0.15, -0.1) is 0 Å². The molecule has 1 saturated carbocycles. The SMILES string of the molecule is COc1ccccc1NC1(C(N)=O)CCCC(C)C1C. The zero-order valence-corrected chi connectivity index (χ0v) is 12.5. The summed E-state index contributed by atoms with van der Waals surface area (Å²) in [5, 5.41) is 3.39. The molecule has 3 N–H and O–H groups in total. The summed E-state index contributed by atoms with van der Waals surface area (Å²) in [6, 6.07) is 7.65. The van der Waals surface area contributed by atoms with E-state index in [0.717, 1.165) is 30.7 Å². The zero-order valence-electron chi connectivity index (χ0n) is 12.5. The third-order valence-electron chi connectivity index (χ3n) is 4.77. The van der Waals surface area contributed by atoms with Crippen molar-refractivity contribution in [3.63, 3.8) is 0 Å². The van der Waals surface area contributed by atoms with Gasteiger partial charge in [0, 0.05) is 0 Å². The van der Waals surface area contributed by atoms with Gasteiger partial charge in [0.1, 0.15) is 11.3 Å². The van der Waals surface area contributed by atoms with Crippen molar-refractivity contribution in [3.8, 4) is 5.75 Å². The standard InChI is InChI=1S/C16H24N2O2/c1-11-7-6-10-16(12(11)2,15(17)19)18-13-8-4-5-9-14(13)20-3/h4-5,8-9,11-12,18H,6-7,10H2,1-3H3,(H2,17,19). The van der Waals surface area contributed by atoms with Crippen LogP contribution in [0.25, 0.3) is 0 Å². The number of hydrogen-bond donors (Lipinski definition) is 2. The molecule has 3 unspecified atom stereocenters. The van der Waals surface area contributed by atoms with Gasteiger partial charge < -0.3 is 15.8 Å². The Bertz CT molecular complexity index is 489. The number of primary amides is 1. The van der Waals surface area contributed by atoms with Crippen LogP contribution >= 0.6 is 0 Å². The first-order chi connectivity index (χ1) is 9.51. The number of methoxy groups -OCH3 is 1. The lowest BCUT2D eigenvalue weighted by atomic mass is 9.67. The van der Waals surface area contributed by atoms with E-state index >= 15 is 0 Å². The third-order valence-corrected chi connectivity index (χ3v) is 4.77. The van der Waals surface area contributed by atoms with Gasteiger partial charge in [0.25, 0.3) is 0 Å². The minimum Gasteiger partial charge on any atom is -0.495 e. The third kappa shape index (κ3) is 2.47. The van der Waals surface area contributed by atoms with Crippen molar-refractivity contribution in [1.82, 2.24) is 0 Å². The second-order valence-electron chi connectivity index (χ2n) is 5.82. The molecule has 0 aromatic heterocycles. The molecule has 1 aromatic rings. The lowest BCUT2D eigenvalue weighted by molar-refractivity contribution is -0.125. The Balaban J connectivity index is 2.37. The van der Waals surface area contributed by atoms with E-state index in [1.54, 1.807) is 7.11 Å². The average Bonchev–Trinajstić information content (AvgIpc) is 2.44. The highest BCUT2D eigenvalue weighted by Crippen LogP contribution is 2.41. The predicted molar refractivity (Wildman–Crippen MR) is 80.7 cm³/mol. The van der Waals surface area contributed by atoms with E-state index in [0.29, 0.717) is 5.92 Å².